The number of fused-ring (bicyclic) bond motifs is 1. The standard InChI is InChI=1S/C21H19N3O3/c1-13(2)11-24-12-18(14-6-4-3-5-7-14)17-10-15(8-9-16(17)20(24)25)19-22-21(26)27-23-19/h3-10,12-13H,11H2,1-2H3,(H,22,23,26). The molecule has 2 heterocycles. The second-order valence-corrected chi connectivity index (χ2v) is 6.96. The summed E-state index contributed by atoms with van der Waals surface area (Å²) in [4.78, 5) is 26.8. The van der Waals surface area contributed by atoms with Crippen LogP contribution in [0.15, 0.2) is 68.8 Å². The highest BCUT2D eigenvalue weighted by atomic mass is 16.5. The summed E-state index contributed by atoms with van der Waals surface area (Å²) in [6, 6.07) is 15.4. The van der Waals surface area contributed by atoms with E-state index >= 15 is 0 Å². The van der Waals surface area contributed by atoms with Gasteiger partial charge < -0.3 is 4.57 Å². The molecule has 0 saturated heterocycles. The molecule has 0 aliphatic heterocycles. The molecule has 0 amide bonds. The predicted molar refractivity (Wildman–Crippen MR) is 105 cm³/mol. The van der Waals surface area contributed by atoms with E-state index in [4.69, 9.17) is 0 Å². The van der Waals surface area contributed by atoms with Crippen molar-refractivity contribution in [3.05, 3.63) is 75.6 Å². The molecule has 6 heteroatoms. The monoisotopic (exact) mass is 361 g/mol. The zero-order valence-corrected chi connectivity index (χ0v) is 15.1. The summed E-state index contributed by atoms with van der Waals surface area (Å²) in [5.41, 5.74) is 2.63. The highest BCUT2D eigenvalue weighted by molar-refractivity contribution is 5.97. The van der Waals surface area contributed by atoms with Crippen LogP contribution in [-0.2, 0) is 6.54 Å². The molecule has 0 aliphatic rings. The van der Waals surface area contributed by atoms with Gasteiger partial charge in [0.2, 0.25) is 0 Å². The van der Waals surface area contributed by atoms with E-state index in [1.165, 1.54) is 0 Å². The predicted octanol–water partition coefficient (Wildman–Crippen LogP) is 3.67. The van der Waals surface area contributed by atoms with Crippen molar-refractivity contribution in [1.82, 2.24) is 14.7 Å². The van der Waals surface area contributed by atoms with Gasteiger partial charge in [-0.05, 0) is 29.0 Å². The third-order valence-electron chi connectivity index (χ3n) is 4.45. The normalized spacial score (nSPS) is 11.4. The Hall–Kier alpha value is -3.41. The molecule has 4 rings (SSSR count). The largest absolute Gasteiger partial charge is 0.439 e. The van der Waals surface area contributed by atoms with Crippen LogP contribution < -0.4 is 11.3 Å². The lowest BCUT2D eigenvalue weighted by Gasteiger charge is -2.15. The van der Waals surface area contributed by atoms with E-state index < -0.39 is 5.76 Å². The number of nitrogens with one attached hydrogen (secondary N) is 1. The van der Waals surface area contributed by atoms with Crippen LogP contribution in [0.1, 0.15) is 13.8 Å². The van der Waals surface area contributed by atoms with Gasteiger partial charge in [0.05, 0.1) is 0 Å². The number of hydrogen-bond acceptors (Lipinski definition) is 4. The van der Waals surface area contributed by atoms with Crippen molar-refractivity contribution in [2.45, 2.75) is 20.4 Å². The lowest BCUT2D eigenvalue weighted by atomic mass is 9.98. The molecule has 0 radical (unpaired) electrons. The van der Waals surface area contributed by atoms with Crippen LogP contribution in [0, 0.1) is 5.92 Å². The van der Waals surface area contributed by atoms with Crippen LogP contribution in [0.2, 0.25) is 0 Å². The fraction of sp³-hybridized carbons (Fsp3) is 0.190. The van der Waals surface area contributed by atoms with E-state index in [1.807, 2.05) is 42.6 Å². The van der Waals surface area contributed by atoms with Crippen molar-refractivity contribution >= 4 is 10.8 Å². The number of hydrogen-bond donors (Lipinski definition) is 1. The molecule has 0 saturated carbocycles. The van der Waals surface area contributed by atoms with Gasteiger partial charge in [0.1, 0.15) is 0 Å². The molecule has 0 bridgehead atoms. The Balaban J connectivity index is 2.02. The van der Waals surface area contributed by atoms with Crippen molar-refractivity contribution in [3.63, 3.8) is 0 Å². The summed E-state index contributed by atoms with van der Waals surface area (Å²) >= 11 is 0. The Morgan fingerprint density at radius 2 is 1.81 bits per heavy atom. The molecule has 0 atom stereocenters. The van der Waals surface area contributed by atoms with Crippen LogP contribution in [-0.4, -0.2) is 14.7 Å². The molecule has 0 unspecified atom stereocenters. The van der Waals surface area contributed by atoms with E-state index in [1.54, 1.807) is 16.7 Å². The molecule has 0 aliphatic carbocycles. The lowest BCUT2D eigenvalue weighted by molar-refractivity contribution is 0.388. The number of rotatable bonds is 4. The van der Waals surface area contributed by atoms with Crippen molar-refractivity contribution < 1.29 is 4.52 Å². The Morgan fingerprint density at radius 1 is 1.04 bits per heavy atom. The van der Waals surface area contributed by atoms with E-state index in [2.05, 4.69) is 28.5 Å². The number of nitrogens with zero attached hydrogens (tertiary/aromatic N) is 2. The number of aromatic nitrogens is 3. The van der Waals surface area contributed by atoms with Crippen LogP contribution in [0.25, 0.3) is 33.3 Å². The van der Waals surface area contributed by atoms with E-state index in [-0.39, 0.29) is 5.56 Å². The molecule has 0 spiro atoms. The lowest BCUT2D eigenvalue weighted by Crippen LogP contribution is -2.22. The zero-order valence-electron chi connectivity index (χ0n) is 15.1. The minimum Gasteiger partial charge on any atom is -0.314 e. The van der Waals surface area contributed by atoms with E-state index in [9.17, 15) is 9.59 Å². The maximum atomic E-state index is 13.0. The van der Waals surface area contributed by atoms with Gasteiger partial charge in [0, 0.05) is 29.3 Å². The average Bonchev–Trinajstić information content (AvgIpc) is 3.10. The molecular weight excluding hydrogens is 342 g/mol. The van der Waals surface area contributed by atoms with Gasteiger partial charge in [-0.25, -0.2) is 4.79 Å². The summed E-state index contributed by atoms with van der Waals surface area (Å²) < 4.78 is 6.38. The van der Waals surface area contributed by atoms with Crippen LogP contribution in [0.3, 0.4) is 0 Å². The SMILES string of the molecule is CC(C)Cn1cc(-c2ccccc2)c2cc(-c3noc(=O)[nH]3)ccc2c1=O. The Bertz CT molecular complexity index is 1220. The smallest absolute Gasteiger partial charge is 0.314 e. The summed E-state index contributed by atoms with van der Waals surface area (Å²) in [5, 5.41) is 5.19. The molecule has 6 nitrogen and oxygen atoms in total. The highest BCUT2D eigenvalue weighted by Gasteiger charge is 2.14. The fourth-order valence-corrected chi connectivity index (χ4v) is 3.27. The second kappa shape index (κ2) is 6.72. The Kier molecular flexibility index (Phi) is 4.24. The number of pyridine rings is 1. The van der Waals surface area contributed by atoms with Crippen LogP contribution in [0.4, 0.5) is 0 Å². The molecule has 136 valence electrons. The molecule has 0 fully saturated rings. The molecule has 4 aromatic rings. The summed E-state index contributed by atoms with van der Waals surface area (Å²) in [5.74, 6) is 0.0799. The Morgan fingerprint density at radius 3 is 2.48 bits per heavy atom. The van der Waals surface area contributed by atoms with Crippen LogP contribution in [0.5, 0.6) is 0 Å². The van der Waals surface area contributed by atoms with Gasteiger partial charge in [-0.1, -0.05) is 55.4 Å². The minimum atomic E-state index is -0.610. The van der Waals surface area contributed by atoms with E-state index in [0.29, 0.717) is 29.2 Å². The first-order chi connectivity index (χ1) is 13.0. The quantitative estimate of drug-likeness (QED) is 0.601. The first-order valence-corrected chi connectivity index (χ1v) is 8.82. The number of benzene rings is 2. The Labute approximate surface area is 155 Å². The zero-order chi connectivity index (χ0) is 19.0. The summed E-state index contributed by atoms with van der Waals surface area (Å²) in [6.07, 6.45) is 1.91. The summed E-state index contributed by atoms with van der Waals surface area (Å²) in [6.45, 7) is 4.82. The number of aromatic amines is 1. The van der Waals surface area contributed by atoms with E-state index in [0.717, 1.165) is 16.5 Å². The number of H-pyrrole nitrogens is 1. The summed E-state index contributed by atoms with van der Waals surface area (Å²) in [7, 11) is 0. The first kappa shape index (κ1) is 17.0. The van der Waals surface area contributed by atoms with Gasteiger partial charge in [-0.15, -0.1) is 0 Å². The molecule has 27 heavy (non-hydrogen) atoms. The minimum absolute atomic E-state index is 0.0291. The van der Waals surface area contributed by atoms with Gasteiger partial charge in [0.15, 0.2) is 5.82 Å². The highest BCUT2D eigenvalue weighted by Crippen LogP contribution is 2.29. The fourth-order valence-electron chi connectivity index (χ4n) is 3.27. The molecular formula is C21H19N3O3. The maximum absolute atomic E-state index is 13.0. The topological polar surface area (TPSA) is 80.9 Å². The second-order valence-electron chi connectivity index (χ2n) is 6.96. The van der Waals surface area contributed by atoms with Gasteiger partial charge in [-0.3, -0.25) is 14.3 Å². The first-order valence-electron chi connectivity index (χ1n) is 8.82. The van der Waals surface area contributed by atoms with Crippen LogP contribution >= 0.6 is 0 Å². The average molecular weight is 361 g/mol. The molecule has 1 N–H and O–H groups in total. The maximum Gasteiger partial charge on any atom is 0.439 e. The van der Waals surface area contributed by atoms with Crippen molar-refractivity contribution in [3.8, 4) is 22.5 Å². The van der Waals surface area contributed by atoms with Crippen molar-refractivity contribution in [2.75, 3.05) is 0 Å². The van der Waals surface area contributed by atoms with Gasteiger partial charge >= 0.3 is 5.76 Å². The van der Waals surface area contributed by atoms with Crippen molar-refractivity contribution in [2.24, 2.45) is 5.92 Å². The van der Waals surface area contributed by atoms with Gasteiger partial charge in [0.25, 0.3) is 5.56 Å². The third kappa shape index (κ3) is 3.21. The van der Waals surface area contributed by atoms with Crippen molar-refractivity contribution in [1.29, 1.82) is 0 Å². The molecule has 2 aromatic heterocycles. The van der Waals surface area contributed by atoms with Gasteiger partial charge in [-0.2, -0.15) is 0 Å². The molecule has 2 aromatic carbocycles. The third-order valence-corrected chi connectivity index (χ3v) is 4.45.